The minimum absolute atomic E-state index is 0.146. The zero-order valence-electron chi connectivity index (χ0n) is 12.2. The first-order chi connectivity index (χ1) is 9.54. The Kier molecular flexibility index (Phi) is 4.89. The summed E-state index contributed by atoms with van der Waals surface area (Å²) in [5, 5.41) is 10.5. The second kappa shape index (κ2) is 6.46. The number of rotatable bonds is 4. The SMILES string of the molecule is COc1c(Cl)ccc(O)c1C(C)=NCC1CCCN1C. The van der Waals surface area contributed by atoms with Crippen LogP contribution in [0.25, 0.3) is 0 Å². The van der Waals surface area contributed by atoms with Gasteiger partial charge in [-0.25, -0.2) is 0 Å². The number of likely N-dealkylation sites (N-methyl/N-ethyl adjacent to an activating group) is 1. The highest BCUT2D eigenvalue weighted by atomic mass is 35.5. The number of ether oxygens (including phenoxy) is 1. The molecule has 0 aromatic heterocycles. The quantitative estimate of drug-likeness (QED) is 0.869. The van der Waals surface area contributed by atoms with Gasteiger partial charge in [0, 0.05) is 11.8 Å². The van der Waals surface area contributed by atoms with Crippen molar-refractivity contribution in [2.45, 2.75) is 25.8 Å². The number of methoxy groups -OCH3 is 1. The maximum absolute atomic E-state index is 10.0. The monoisotopic (exact) mass is 296 g/mol. The lowest BCUT2D eigenvalue weighted by molar-refractivity contribution is 0.317. The fraction of sp³-hybridized carbons (Fsp3) is 0.533. The third-order valence-electron chi connectivity index (χ3n) is 3.86. The molecule has 2 rings (SSSR count). The van der Waals surface area contributed by atoms with Gasteiger partial charge in [-0.3, -0.25) is 4.99 Å². The Bertz CT molecular complexity index is 517. The van der Waals surface area contributed by atoms with Crippen molar-refractivity contribution < 1.29 is 9.84 Å². The first-order valence-corrected chi connectivity index (χ1v) is 7.19. The molecule has 0 aliphatic carbocycles. The molecule has 0 bridgehead atoms. The third kappa shape index (κ3) is 3.07. The van der Waals surface area contributed by atoms with Crippen LogP contribution in [0.3, 0.4) is 0 Å². The summed E-state index contributed by atoms with van der Waals surface area (Å²) in [6.45, 7) is 3.74. The molecule has 110 valence electrons. The molecular weight excluding hydrogens is 276 g/mol. The molecule has 1 aromatic carbocycles. The Morgan fingerprint density at radius 1 is 1.55 bits per heavy atom. The van der Waals surface area contributed by atoms with Gasteiger partial charge in [0.1, 0.15) is 11.5 Å². The maximum atomic E-state index is 10.0. The van der Waals surface area contributed by atoms with E-state index in [2.05, 4.69) is 16.9 Å². The highest BCUT2D eigenvalue weighted by Gasteiger charge is 2.21. The van der Waals surface area contributed by atoms with Crippen LogP contribution in [0.4, 0.5) is 0 Å². The number of phenolic OH excluding ortho intramolecular Hbond substituents is 1. The summed E-state index contributed by atoms with van der Waals surface area (Å²) in [5.41, 5.74) is 1.34. The Balaban J connectivity index is 2.24. The normalized spacial score (nSPS) is 20.4. The van der Waals surface area contributed by atoms with E-state index in [0.29, 0.717) is 22.4 Å². The molecule has 1 heterocycles. The van der Waals surface area contributed by atoms with Crippen molar-refractivity contribution >= 4 is 17.3 Å². The van der Waals surface area contributed by atoms with E-state index in [1.165, 1.54) is 12.8 Å². The van der Waals surface area contributed by atoms with Crippen LogP contribution in [-0.4, -0.2) is 49.0 Å². The number of hydrogen-bond donors (Lipinski definition) is 1. The van der Waals surface area contributed by atoms with Gasteiger partial charge >= 0.3 is 0 Å². The van der Waals surface area contributed by atoms with Gasteiger partial charge in [-0.05, 0) is 45.5 Å². The Hall–Kier alpha value is -1.26. The molecule has 1 N–H and O–H groups in total. The molecular formula is C15H21ClN2O2. The standard InChI is InChI=1S/C15H21ClN2O2/c1-10(17-9-11-5-4-8-18(11)2)14-13(19)7-6-12(16)15(14)20-3/h6-7,11,19H,4-5,8-9H2,1-3H3. The van der Waals surface area contributed by atoms with Crippen LogP contribution in [0.15, 0.2) is 17.1 Å². The van der Waals surface area contributed by atoms with Gasteiger partial charge in [0.2, 0.25) is 0 Å². The molecule has 1 aliphatic rings. The fourth-order valence-corrected chi connectivity index (χ4v) is 2.86. The molecule has 0 spiro atoms. The van der Waals surface area contributed by atoms with Crippen LogP contribution in [-0.2, 0) is 0 Å². The van der Waals surface area contributed by atoms with Crippen molar-refractivity contribution in [2.24, 2.45) is 4.99 Å². The summed E-state index contributed by atoms with van der Waals surface area (Å²) in [6.07, 6.45) is 2.40. The minimum atomic E-state index is 0.146. The van der Waals surface area contributed by atoms with Crippen LogP contribution in [0.5, 0.6) is 11.5 Å². The van der Waals surface area contributed by atoms with E-state index in [1.807, 2.05) is 6.92 Å². The Morgan fingerprint density at radius 2 is 2.30 bits per heavy atom. The second-order valence-corrected chi connectivity index (χ2v) is 5.58. The van der Waals surface area contributed by atoms with Crippen molar-refractivity contribution in [3.63, 3.8) is 0 Å². The van der Waals surface area contributed by atoms with Crippen molar-refractivity contribution in [1.82, 2.24) is 4.90 Å². The van der Waals surface area contributed by atoms with E-state index < -0.39 is 0 Å². The number of aromatic hydroxyl groups is 1. The minimum Gasteiger partial charge on any atom is -0.507 e. The molecule has 1 fully saturated rings. The Morgan fingerprint density at radius 3 is 2.90 bits per heavy atom. The number of aliphatic imine (C=N–C) groups is 1. The largest absolute Gasteiger partial charge is 0.507 e. The third-order valence-corrected chi connectivity index (χ3v) is 4.16. The number of halogens is 1. The van der Waals surface area contributed by atoms with E-state index in [0.717, 1.165) is 18.8 Å². The van der Waals surface area contributed by atoms with Gasteiger partial charge in [0.15, 0.2) is 0 Å². The van der Waals surface area contributed by atoms with Crippen LogP contribution in [0.1, 0.15) is 25.3 Å². The topological polar surface area (TPSA) is 45.1 Å². The smallest absolute Gasteiger partial charge is 0.150 e. The molecule has 0 saturated carbocycles. The van der Waals surface area contributed by atoms with Crippen LogP contribution < -0.4 is 4.74 Å². The lowest BCUT2D eigenvalue weighted by Crippen LogP contribution is -2.27. The van der Waals surface area contributed by atoms with E-state index in [1.54, 1.807) is 19.2 Å². The van der Waals surface area contributed by atoms with E-state index in [-0.39, 0.29) is 5.75 Å². The molecule has 0 radical (unpaired) electrons. The lowest BCUT2D eigenvalue weighted by Gasteiger charge is -2.18. The van der Waals surface area contributed by atoms with Gasteiger partial charge in [0.05, 0.1) is 24.2 Å². The van der Waals surface area contributed by atoms with Crippen LogP contribution >= 0.6 is 11.6 Å². The fourth-order valence-electron chi connectivity index (χ4n) is 2.63. The number of likely N-dealkylation sites (tertiary alicyclic amines) is 1. The molecule has 1 atom stereocenters. The Labute approximate surface area is 125 Å². The lowest BCUT2D eigenvalue weighted by atomic mass is 10.1. The number of hydrogen-bond acceptors (Lipinski definition) is 4. The number of nitrogens with zero attached hydrogens (tertiary/aromatic N) is 2. The zero-order chi connectivity index (χ0) is 14.7. The van der Waals surface area contributed by atoms with Gasteiger partial charge in [-0.15, -0.1) is 0 Å². The molecule has 5 heteroatoms. The highest BCUT2D eigenvalue weighted by molar-refractivity contribution is 6.33. The molecule has 1 aromatic rings. The maximum Gasteiger partial charge on any atom is 0.150 e. The summed E-state index contributed by atoms with van der Waals surface area (Å²) in [7, 11) is 3.67. The average molecular weight is 297 g/mol. The molecule has 0 amide bonds. The first kappa shape index (κ1) is 15.1. The summed E-state index contributed by atoms with van der Waals surface area (Å²) in [4.78, 5) is 6.94. The summed E-state index contributed by atoms with van der Waals surface area (Å²) >= 11 is 6.10. The summed E-state index contributed by atoms with van der Waals surface area (Å²) in [6, 6.07) is 3.68. The molecule has 20 heavy (non-hydrogen) atoms. The molecule has 4 nitrogen and oxygen atoms in total. The van der Waals surface area contributed by atoms with E-state index in [4.69, 9.17) is 16.3 Å². The molecule has 1 aliphatic heterocycles. The van der Waals surface area contributed by atoms with Crippen LogP contribution in [0.2, 0.25) is 5.02 Å². The predicted octanol–water partition coefficient (Wildman–Crippen LogP) is 2.96. The second-order valence-electron chi connectivity index (χ2n) is 5.18. The van der Waals surface area contributed by atoms with Crippen molar-refractivity contribution in [1.29, 1.82) is 0 Å². The average Bonchev–Trinajstić information content (AvgIpc) is 2.83. The van der Waals surface area contributed by atoms with Gasteiger partial charge in [-0.2, -0.15) is 0 Å². The summed E-state index contributed by atoms with van der Waals surface area (Å²) < 4.78 is 5.29. The predicted molar refractivity (Wildman–Crippen MR) is 82.4 cm³/mol. The van der Waals surface area contributed by atoms with Gasteiger partial charge in [0.25, 0.3) is 0 Å². The summed E-state index contributed by atoms with van der Waals surface area (Å²) in [5.74, 6) is 0.625. The molecule has 1 saturated heterocycles. The van der Waals surface area contributed by atoms with Crippen LogP contribution in [0, 0.1) is 0 Å². The van der Waals surface area contributed by atoms with Gasteiger partial charge in [-0.1, -0.05) is 11.6 Å². The highest BCUT2D eigenvalue weighted by Crippen LogP contribution is 2.35. The van der Waals surface area contributed by atoms with Crippen molar-refractivity contribution in [3.8, 4) is 11.5 Å². The number of phenols is 1. The van der Waals surface area contributed by atoms with Crippen molar-refractivity contribution in [3.05, 3.63) is 22.7 Å². The molecule has 1 unspecified atom stereocenters. The number of benzene rings is 1. The van der Waals surface area contributed by atoms with Crippen molar-refractivity contribution in [2.75, 3.05) is 27.2 Å². The van der Waals surface area contributed by atoms with Gasteiger partial charge < -0.3 is 14.7 Å². The first-order valence-electron chi connectivity index (χ1n) is 6.81. The zero-order valence-corrected chi connectivity index (χ0v) is 12.9. The van der Waals surface area contributed by atoms with E-state index >= 15 is 0 Å². The van der Waals surface area contributed by atoms with E-state index in [9.17, 15) is 5.11 Å².